The van der Waals surface area contributed by atoms with Crippen molar-refractivity contribution in [2.75, 3.05) is 27.3 Å². The van der Waals surface area contributed by atoms with Crippen LogP contribution in [0.4, 0.5) is 0 Å². The molecule has 0 saturated carbocycles. The Hall–Kier alpha value is -3.53. The first-order valence-electron chi connectivity index (χ1n) is 11.1. The fourth-order valence-electron chi connectivity index (χ4n) is 5.34. The van der Waals surface area contributed by atoms with Crippen LogP contribution in [0, 0.1) is 11.8 Å². The van der Waals surface area contributed by atoms with E-state index in [4.69, 9.17) is 34.0 Å². The number of rotatable bonds is 2. The minimum Gasteiger partial charge on any atom is -0.497 e. The normalized spacial score (nSPS) is 25.3. The monoisotopic (exact) mass is 472 g/mol. The first-order chi connectivity index (χ1) is 16.2. The van der Waals surface area contributed by atoms with Crippen LogP contribution < -0.4 is 4.74 Å². The first kappa shape index (κ1) is 23.6. The largest absolute Gasteiger partial charge is 0.497 e. The number of carboxylic acids is 2. The van der Waals surface area contributed by atoms with Crippen molar-refractivity contribution in [3.05, 3.63) is 41.3 Å². The van der Waals surface area contributed by atoms with Gasteiger partial charge in [-0.3, -0.25) is 4.90 Å². The zero-order valence-corrected chi connectivity index (χ0v) is 19.2. The van der Waals surface area contributed by atoms with E-state index in [1.165, 1.54) is 23.8 Å². The molecule has 34 heavy (non-hydrogen) atoms. The van der Waals surface area contributed by atoms with Gasteiger partial charge in [-0.15, -0.1) is 0 Å². The van der Waals surface area contributed by atoms with Gasteiger partial charge in [0, 0.05) is 41.5 Å². The van der Waals surface area contributed by atoms with Gasteiger partial charge >= 0.3 is 17.9 Å². The number of methoxy groups -OCH3 is 2. The number of ether oxygens (including phenoxy) is 3. The van der Waals surface area contributed by atoms with Gasteiger partial charge in [0.1, 0.15) is 5.75 Å². The van der Waals surface area contributed by atoms with Crippen LogP contribution in [0.1, 0.15) is 30.6 Å². The highest BCUT2D eigenvalue weighted by molar-refractivity contribution is 6.27. The quantitative estimate of drug-likeness (QED) is 0.444. The van der Waals surface area contributed by atoms with E-state index in [0.717, 1.165) is 37.2 Å². The Labute approximate surface area is 196 Å². The fraction of sp³-hybridized carbons (Fsp3) is 0.458. The van der Waals surface area contributed by atoms with Gasteiger partial charge in [-0.2, -0.15) is 0 Å². The van der Waals surface area contributed by atoms with Crippen molar-refractivity contribution in [1.82, 2.24) is 9.88 Å². The Morgan fingerprint density at radius 3 is 2.56 bits per heavy atom. The second kappa shape index (κ2) is 9.38. The molecule has 5 rings (SSSR count). The van der Waals surface area contributed by atoms with Crippen LogP contribution in [0.25, 0.3) is 10.9 Å². The minimum absolute atomic E-state index is 0.104. The standard InChI is InChI=1S/C22H26N2O4.C2H2O4/c1-12-17-10-24-7-6-14-16-8-13(26-2)4-5-19(16)23-21(14)20(24)9-15(17)18(11-28-12)22(25)27-3;3-1(4)2(5)6/h4-5,8,11-12,15,17,20,23H,6-7,9-10H2,1-3H3;(H,3,4)(H,5,6)/t12-,15-,17-,20-;/m0./s1. The average Bonchev–Trinajstić information content (AvgIpc) is 3.21. The van der Waals surface area contributed by atoms with Crippen LogP contribution in [0.3, 0.4) is 0 Å². The van der Waals surface area contributed by atoms with Gasteiger partial charge in [-0.25, -0.2) is 14.4 Å². The van der Waals surface area contributed by atoms with Gasteiger partial charge in [-0.05, 0) is 43.5 Å². The number of esters is 1. The van der Waals surface area contributed by atoms with E-state index >= 15 is 0 Å². The first-order valence-corrected chi connectivity index (χ1v) is 11.1. The SMILES string of the molecule is COC(=O)C1=CO[C@@H](C)[C@@H]2CN3CCc4c([nH]c5ccc(OC)cc45)[C@@H]3C[C@H]12.O=C(O)C(=O)O. The molecule has 4 heterocycles. The van der Waals surface area contributed by atoms with Crippen LogP contribution in [-0.4, -0.2) is 71.4 Å². The molecule has 0 spiro atoms. The second-order valence-corrected chi connectivity index (χ2v) is 8.71. The van der Waals surface area contributed by atoms with E-state index in [0.29, 0.717) is 11.5 Å². The van der Waals surface area contributed by atoms with Crippen molar-refractivity contribution in [3.8, 4) is 5.75 Å². The lowest BCUT2D eigenvalue weighted by atomic mass is 9.72. The van der Waals surface area contributed by atoms with E-state index in [1.807, 2.05) is 6.07 Å². The molecule has 3 aliphatic rings. The average molecular weight is 472 g/mol. The molecule has 0 radical (unpaired) electrons. The zero-order valence-electron chi connectivity index (χ0n) is 19.2. The molecule has 182 valence electrons. The third-order valence-electron chi connectivity index (χ3n) is 7.02. The number of aliphatic carboxylic acids is 2. The summed E-state index contributed by atoms with van der Waals surface area (Å²) in [5, 5.41) is 16.0. The van der Waals surface area contributed by atoms with Gasteiger partial charge in [0.2, 0.25) is 0 Å². The summed E-state index contributed by atoms with van der Waals surface area (Å²) in [5.74, 6) is -2.57. The molecule has 3 N–H and O–H groups in total. The number of hydrogen-bond acceptors (Lipinski definition) is 7. The number of nitrogens with one attached hydrogen (secondary N) is 1. The number of carbonyl (C=O) groups excluding carboxylic acids is 1. The molecule has 1 fully saturated rings. The maximum Gasteiger partial charge on any atom is 0.414 e. The number of carboxylic acid groups (broad SMARTS) is 2. The smallest absolute Gasteiger partial charge is 0.414 e. The Morgan fingerprint density at radius 2 is 1.91 bits per heavy atom. The molecule has 0 amide bonds. The summed E-state index contributed by atoms with van der Waals surface area (Å²) in [7, 11) is 3.14. The molecule has 0 aliphatic carbocycles. The second-order valence-electron chi connectivity index (χ2n) is 8.71. The summed E-state index contributed by atoms with van der Waals surface area (Å²) >= 11 is 0. The number of fused-ring (bicyclic) bond motifs is 6. The summed E-state index contributed by atoms with van der Waals surface area (Å²) in [6.45, 7) is 4.06. The van der Waals surface area contributed by atoms with Crippen molar-refractivity contribution < 1.29 is 38.8 Å². The predicted molar refractivity (Wildman–Crippen MR) is 120 cm³/mol. The lowest BCUT2D eigenvalue weighted by Gasteiger charge is -2.49. The van der Waals surface area contributed by atoms with Crippen molar-refractivity contribution in [2.24, 2.45) is 11.8 Å². The zero-order chi connectivity index (χ0) is 24.6. The number of aromatic nitrogens is 1. The number of piperidine rings is 1. The summed E-state index contributed by atoms with van der Waals surface area (Å²) < 4.78 is 16.3. The van der Waals surface area contributed by atoms with Crippen LogP contribution in [0.5, 0.6) is 5.75 Å². The Bertz CT molecular complexity index is 1140. The predicted octanol–water partition coefficient (Wildman–Crippen LogP) is 2.34. The topological polar surface area (TPSA) is 138 Å². The molecular formula is C24H28N2O8. The highest BCUT2D eigenvalue weighted by Crippen LogP contribution is 2.47. The summed E-state index contributed by atoms with van der Waals surface area (Å²) in [6.07, 6.45) is 3.65. The van der Waals surface area contributed by atoms with E-state index < -0.39 is 11.9 Å². The molecule has 1 saturated heterocycles. The molecule has 1 aromatic carbocycles. The highest BCUT2D eigenvalue weighted by atomic mass is 16.5. The number of aromatic amines is 1. The minimum atomic E-state index is -1.82. The van der Waals surface area contributed by atoms with Crippen LogP contribution in [0.15, 0.2) is 30.0 Å². The van der Waals surface area contributed by atoms with E-state index in [2.05, 4.69) is 28.9 Å². The van der Waals surface area contributed by atoms with Crippen molar-refractivity contribution in [2.45, 2.75) is 31.9 Å². The van der Waals surface area contributed by atoms with Crippen molar-refractivity contribution in [1.29, 1.82) is 0 Å². The maximum absolute atomic E-state index is 12.3. The molecular weight excluding hydrogens is 444 g/mol. The van der Waals surface area contributed by atoms with Crippen LogP contribution >= 0.6 is 0 Å². The number of hydrogen-bond donors (Lipinski definition) is 3. The Kier molecular flexibility index (Phi) is 6.52. The number of carbonyl (C=O) groups is 3. The third kappa shape index (κ3) is 4.21. The van der Waals surface area contributed by atoms with Crippen molar-refractivity contribution in [3.63, 3.8) is 0 Å². The summed E-state index contributed by atoms with van der Waals surface area (Å²) in [4.78, 5) is 36.8. The number of benzene rings is 1. The summed E-state index contributed by atoms with van der Waals surface area (Å²) in [5.41, 5.74) is 4.50. The van der Waals surface area contributed by atoms with E-state index in [-0.39, 0.29) is 24.0 Å². The lowest BCUT2D eigenvalue weighted by molar-refractivity contribution is -0.159. The van der Waals surface area contributed by atoms with Crippen LogP contribution in [-0.2, 0) is 30.3 Å². The van der Waals surface area contributed by atoms with Crippen LogP contribution in [0.2, 0.25) is 0 Å². The Balaban J connectivity index is 0.000000408. The molecule has 0 unspecified atom stereocenters. The van der Waals surface area contributed by atoms with E-state index in [9.17, 15) is 4.79 Å². The van der Waals surface area contributed by atoms with E-state index in [1.54, 1.807) is 13.4 Å². The number of H-pyrrole nitrogens is 1. The molecule has 2 aromatic rings. The Morgan fingerprint density at radius 1 is 1.18 bits per heavy atom. The van der Waals surface area contributed by atoms with Gasteiger partial charge in [0.15, 0.2) is 0 Å². The molecule has 0 bridgehead atoms. The van der Waals surface area contributed by atoms with Gasteiger partial charge < -0.3 is 29.4 Å². The molecule has 3 aliphatic heterocycles. The lowest BCUT2D eigenvalue weighted by Crippen LogP contribution is -2.51. The molecule has 10 nitrogen and oxygen atoms in total. The molecule has 4 atom stereocenters. The van der Waals surface area contributed by atoms with Gasteiger partial charge in [0.25, 0.3) is 0 Å². The maximum atomic E-state index is 12.3. The third-order valence-corrected chi connectivity index (χ3v) is 7.02. The van der Waals surface area contributed by atoms with Crippen molar-refractivity contribution >= 4 is 28.8 Å². The fourth-order valence-corrected chi connectivity index (χ4v) is 5.34. The molecule has 10 heteroatoms. The number of nitrogens with zero attached hydrogens (tertiary/aromatic N) is 1. The molecule has 1 aromatic heterocycles. The summed E-state index contributed by atoms with van der Waals surface area (Å²) in [6, 6.07) is 6.50. The van der Waals surface area contributed by atoms with Gasteiger partial charge in [-0.1, -0.05) is 0 Å². The van der Waals surface area contributed by atoms with Gasteiger partial charge in [0.05, 0.1) is 38.2 Å². The highest BCUT2D eigenvalue weighted by Gasteiger charge is 2.46.